The fourth-order valence-electron chi connectivity index (χ4n) is 4.10. The smallest absolute Gasteiger partial charge is 0.276 e. The number of carbonyl (C=O) groups excluding carboxylic acids is 2. The maximum absolute atomic E-state index is 12.6. The molecule has 7 nitrogen and oxygen atoms in total. The molecule has 0 atom stereocenters. The van der Waals surface area contributed by atoms with Crippen LogP contribution in [0.4, 0.5) is 5.69 Å². The molecule has 1 aromatic carbocycles. The number of nitrogens with zero attached hydrogens (tertiary/aromatic N) is 2. The highest BCUT2D eigenvalue weighted by molar-refractivity contribution is 6.04. The molecule has 1 amide bonds. The van der Waals surface area contributed by atoms with Crippen LogP contribution in [0, 0.1) is 0 Å². The summed E-state index contributed by atoms with van der Waals surface area (Å²) in [5.74, 6) is 0.631. The summed E-state index contributed by atoms with van der Waals surface area (Å²) < 4.78 is 1.25. The van der Waals surface area contributed by atoms with Crippen molar-refractivity contribution in [3.05, 3.63) is 75.8 Å². The standard InChI is InChI=1S/C24H26N4O3/c1-16(29)13-20-15-26-28(24(20)31)22-12-9-19(14-25-22)23(30)27-21-10-7-18(8-11-21)17-5-3-2-4-6-17/h7-12,14-15,17,26H,2-6,13H2,1H3,(H,27,30). The molecule has 1 aliphatic carbocycles. The highest BCUT2D eigenvalue weighted by Crippen LogP contribution is 2.33. The average molecular weight is 418 g/mol. The summed E-state index contributed by atoms with van der Waals surface area (Å²) in [6.45, 7) is 1.44. The number of hydrogen-bond donors (Lipinski definition) is 2. The number of H-pyrrole nitrogens is 1. The van der Waals surface area contributed by atoms with Crippen molar-refractivity contribution in [2.45, 2.75) is 51.4 Å². The number of amides is 1. The number of pyridine rings is 1. The molecule has 1 fully saturated rings. The van der Waals surface area contributed by atoms with Gasteiger partial charge in [-0.25, -0.2) is 9.67 Å². The Morgan fingerprint density at radius 2 is 1.84 bits per heavy atom. The van der Waals surface area contributed by atoms with Crippen LogP contribution >= 0.6 is 0 Å². The summed E-state index contributed by atoms with van der Waals surface area (Å²) in [5.41, 5.74) is 2.53. The van der Waals surface area contributed by atoms with Gasteiger partial charge in [0.05, 0.1) is 5.56 Å². The van der Waals surface area contributed by atoms with Gasteiger partial charge in [-0.15, -0.1) is 0 Å². The molecular formula is C24H26N4O3. The van der Waals surface area contributed by atoms with E-state index in [1.807, 2.05) is 12.1 Å². The summed E-state index contributed by atoms with van der Waals surface area (Å²) in [6, 6.07) is 11.3. The molecule has 0 bridgehead atoms. The second kappa shape index (κ2) is 9.12. The zero-order chi connectivity index (χ0) is 21.8. The Morgan fingerprint density at radius 3 is 2.48 bits per heavy atom. The molecule has 2 aromatic heterocycles. The molecule has 2 heterocycles. The minimum atomic E-state index is -0.321. The quantitative estimate of drug-likeness (QED) is 0.632. The van der Waals surface area contributed by atoms with Gasteiger partial charge in [0.2, 0.25) is 0 Å². The SMILES string of the molecule is CC(=O)Cc1c[nH]n(-c2ccc(C(=O)Nc3ccc(C4CCCCC4)cc3)cn2)c1=O. The van der Waals surface area contributed by atoms with E-state index < -0.39 is 0 Å². The number of benzene rings is 1. The molecule has 0 spiro atoms. The molecule has 1 aliphatic rings. The van der Waals surface area contributed by atoms with Gasteiger partial charge in [0.25, 0.3) is 11.5 Å². The molecular weight excluding hydrogens is 392 g/mol. The molecule has 0 saturated heterocycles. The van der Waals surface area contributed by atoms with Crippen molar-refractivity contribution in [2.75, 3.05) is 5.32 Å². The third-order valence-corrected chi connectivity index (χ3v) is 5.77. The first-order valence-corrected chi connectivity index (χ1v) is 10.7. The van der Waals surface area contributed by atoms with Crippen LogP contribution in [0.3, 0.4) is 0 Å². The van der Waals surface area contributed by atoms with Gasteiger partial charge in [-0.05, 0) is 55.5 Å². The number of Topliss-reactive ketones (excluding diaryl/α,β-unsaturated/α-hetero) is 1. The predicted octanol–water partition coefficient (Wildman–Crippen LogP) is 3.99. The van der Waals surface area contributed by atoms with E-state index in [1.54, 1.807) is 12.1 Å². The van der Waals surface area contributed by atoms with E-state index in [-0.39, 0.29) is 23.7 Å². The molecule has 7 heteroatoms. The minimum absolute atomic E-state index is 0.0718. The molecule has 160 valence electrons. The normalized spacial score (nSPS) is 14.4. The zero-order valence-corrected chi connectivity index (χ0v) is 17.6. The van der Waals surface area contributed by atoms with Gasteiger partial charge in [0.15, 0.2) is 5.82 Å². The Kier molecular flexibility index (Phi) is 6.11. The van der Waals surface area contributed by atoms with E-state index in [4.69, 9.17) is 0 Å². The first-order valence-electron chi connectivity index (χ1n) is 10.7. The highest BCUT2D eigenvalue weighted by atomic mass is 16.2. The van der Waals surface area contributed by atoms with Crippen LogP contribution in [0.15, 0.2) is 53.6 Å². The summed E-state index contributed by atoms with van der Waals surface area (Å²) in [4.78, 5) is 40.4. The van der Waals surface area contributed by atoms with Crippen molar-refractivity contribution >= 4 is 17.4 Å². The zero-order valence-electron chi connectivity index (χ0n) is 17.6. The maximum atomic E-state index is 12.6. The fraction of sp³-hybridized carbons (Fsp3) is 0.333. The third kappa shape index (κ3) is 4.82. The fourth-order valence-corrected chi connectivity index (χ4v) is 4.10. The van der Waals surface area contributed by atoms with Crippen LogP contribution in [0.1, 0.15) is 66.4 Å². The molecule has 1 saturated carbocycles. The Hall–Kier alpha value is -3.48. The molecule has 2 N–H and O–H groups in total. The van der Waals surface area contributed by atoms with Crippen molar-refractivity contribution < 1.29 is 9.59 Å². The summed E-state index contributed by atoms with van der Waals surface area (Å²) >= 11 is 0. The lowest BCUT2D eigenvalue weighted by molar-refractivity contribution is -0.116. The van der Waals surface area contributed by atoms with Gasteiger partial charge >= 0.3 is 0 Å². The van der Waals surface area contributed by atoms with Gasteiger partial charge in [0, 0.05) is 30.1 Å². The van der Waals surface area contributed by atoms with Gasteiger partial charge in [-0.1, -0.05) is 31.4 Å². The van der Waals surface area contributed by atoms with Crippen LogP contribution in [-0.4, -0.2) is 26.5 Å². The van der Waals surface area contributed by atoms with Crippen LogP contribution in [-0.2, 0) is 11.2 Å². The number of ketones is 1. The van der Waals surface area contributed by atoms with Crippen molar-refractivity contribution in [3.8, 4) is 5.82 Å². The number of carbonyl (C=O) groups is 2. The van der Waals surface area contributed by atoms with Crippen molar-refractivity contribution in [1.82, 2.24) is 14.8 Å². The van der Waals surface area contributed by atoms with Crippen molar-refractivity contribution in [2.24, 2.45) is 0 Å². The molecule has 31 heavy (non-hydrogen) atoms. The number of hydrogen-bond acceptors (Lipinski definition) is 4. The Balaban J connectivity index is 1.42. The third-order valence-electron chi connectivity index (χ3n) is 5.77. The van der Waals surface area contributed by atoms with E-state index in [2.05, 4.69) is 27.5 Å². The second-order valence-corrected chi connectivity index (χ2v) is 8.13. The van der Waals surface area contributed by atoms with E-state index in [0.717, 1.165) is 5.69 Å². The van der Waals surface area contributed by atoms with Crippen molar-refractivity contribution in [1.29, 1.82) is 0 Å². The minimum Gasteiger partial charge on any atom is -0.322 e. The van der Waals surface area contributed by atoms with Crippen LogP contribution in [0.2, 0.25) is 0 Å². The van der Waals surface area contributed by atoms with E-state index in [1.165, 1.54) is 61.7 Å². The van der Waals surface area contributed by atoms with Gasteiger partial charge in [0.1, 0.15) is 5.78 Å². The number of aromatic nitrogens is 3. The lowest BCUT2D eigenvalue weighted by Gasteiger charge is -2.22. The van der Waals surface area contributed by atoms with E-state index >= 15 is 0 Å². The highest BCUT2D eigenvalue weighted by Gasteiger charge is 2.16. The van der Waals surface area contributed by atoms with Gasteiger partial charge < -0.3 is 5.32 Å². The number of rotatable bonds is 6. The van der Waals surface area contributed by atoms with Crippen LogP contribution in [0.5, 0.6) is 0 Å². The lowest BCUT2D eigenvalue weighted by Crippen LogP contribution is -2.20. The molecule has 0 unspecified atom stereocenters. The molecule has 4 rings (SSSR count). The van der Waals surface area contributed by atoms with Crippen molar-refractivity contribution in [3.63, 3.8) is 0 Å². The predicted molar refractivity (Wildman–Crippen MR) is 119 cm³/mol. The summed E-state index contributed by atoms with van der Waals surface area (Å²) in [6.07, 6.45) is 9.39. The number of anilines is 1. The molecule has 0 aliphatic heterocycles. The monoisotopic (exact) mass is 418 g/mol. The van der Waals surface area contributed by atoms with E-state index in [0.29, 0.717) is 22.9 Å². The largest absolute Gasteiger partial charge is 0.322 e. The van der Waals surface area contributed by atoms with Gasteiger partial charge in [-0.2, -0.15) is 0 Å². The average Bonchev–Trinajstić information content (AvgIpc) is 3.14. The summed E-state index contributed by atoms with van der Waals surface area (Å²) in [5, 5.41) is 5.70. The Bertz CT molecular complexity index is 1120. The lowest BCUT2D eigenvalue weighted by atomic mass is 9.84. The first-order chi connectivity index (χ1) is 15.0. The summed E-state index contributed by atoms with van der Waals surface area (Å²) in [7, 11) is 0. The Morgan fingerprint density at radius 1 is 1.10 bits per heavy atom. The number of nitrogens with one attached hydrogen (secondary N) is 2. The van der Waals surface area contributed by atoms with Crippen LogP contribution in [0.25, 0.3) is 5.82 Å². The second-order valence-electron chi connectivity index (χ2n) is 8.13. The van der Waals surface area contributed by atoms with Crippen LogP contribution < -0.4 is 10.9 Å². The molecule has 3 aromatic rings. The molecule has 0 radical (unpaired) electrons. The van der Waals surface area contributed by atoms with Gasteiger partial charge in [-0.3, -0.25) is 19.5 Å². The maximum Gasteiger partial charge on any atom is 0.276 e. The first kappa shape index (κ1) is 20.8. The Labute approximate surface area is 180 Å². The topological polar surface area (TPSA) is 96.8 Å². The number of aromatic amines is 1. The van der Waals surface area contributed by atoms with E-state index in [9.17, 15) is 14.4 Å².